The summed E-state index contributed by atoms with van der Waals surface area (Å²) in [6.45, 7) is 1.94. The summed E-state index contributed by atoms with van der Waals surface area (Å²) >= 11 is 6.29. The minimum Gasteiger partial charge on any atom is -0.324 e. The summed E-state index contributed by atoms with van der Waals surface area (Å²) in [5.74, 6) is -0.507. The molecule has 0 aliphatic carbocycles. The lowest BCUT2D eigenvalue weighted by atomic mass is 9.94. The number of hydrogen-bond acceptors (Lipinski definition) is 2. The normalized spacial score (nSPS) is 16.1. The van der Waals surface area contributed by atoms with Gasteiger partial charge >= 0.3 is 0 Å². The monoisotopic (exact) mass is 390 g/mol. The molecule has 0 radical (unpaired) electrons. The van der Waals surface area contributed by atoms with Gasteiger partial charge in [-0.15, -0.1) is 0 Å². The molecule has 1 aliphatic rings. The Morgan fingerprint density at radius 1 is 1.04 bits per heavy atom. The predicted octanol–water partition coefficient (Wildman–Crippen LogP) is 4.83. The van der Waals surface area contributed by atoms with E-state index in [-0.39, 0.29) is 18.4 Å². The maximum atomic E-state index is 13.5. The van der Waals surface area contributed by atoms with Gasteiger partial charge in [-0.3, -0.25) is 9.59 Å². The van der Waals surface area contributed by atoms with Crippen LogP contribution in [0.15, 0.2) is 72.8 Å². The van der Waals surface area contributed by atoms with Gasteiger partial charge in [-0.1, -0.05) is 71.8 Å². The molecular weight excluding hydrogens is 372 g/mol. The Labute approximate surface area is 168 Å². The lowest BCUT2D eigenvalue weighted by Crippen LogP contribution is -2.39. The van der Waals surface area contributed by atoms with Gasteiger partial charge in [-0.05, 0) is 30.7 Å². The molecule has 1 atom stereocenters. The Morgan fingerprint density at radius 2 is 1.75 bits per heavy atom. The largest absolute Gasteiger partial charge is 0.324 e. The van der Waals surface area contributed by atoms with Crippen LogP contribution in [0.25, 0.3) is 0 Å². The van der Waals surface area contributed by atoms with Gasteiger partial charge in [0, 0.05) is 11.3 Å². The van der Waals surface area contributed by atoms with E-state index in [1.165, 1.54) is 0 Å². The minimum absolute atomic E-state index is 0.0582. The first kappa shape index (κ1) is 18.3. The number of anilines is 1. The fourth-order valence-electron chi connectivity index (χ4n) is 3.60. The third-order valence-electron chi connectivity index (χ3n) is 4.88. The molecule has 0 bridgehead atoms. The number of hydrogen-bond donors (Lipinski definition) is 1. The topological polar surface area (TPSA) is 49.4 Å². The van der Waals surface area contributed by atoms with E-state index in [0.29, 0.717) is 10.6 Å². The van der Waals surface area contributed by atoms with Gasteiger partial charge in [0.05, 0.1) is 16.6 Å². The molecule has 3 aromatic carbocycles. The number of carbonyl (C=O) groups is 2. The minimum atomic E-state index is -0.404. The molecule has 4 nitrogen and oxygen atoms in total. The second kappa shape index (κ2) is 7.49. The SMILES string of the molecule is Cc1ccc2c(c1)C(c1ccccc1)N(C(=O)c1ccccc1Cl)CC(=O)N2. The van der Waals surface area contributed by atoms with Crippen LogP contribution in [0.5, 0.6) is 0 Å². The van der Waals surface area contributed by atoms with Gasteiger partial charge < -0.3 is 10.2 Å². The Balaban J connectivity index is 1.91. The van der Waals surface area contributed by atoms with Crippen LogP contribution in [0.2, 0.25) is 5.02 Å². The number of fused-ring (bicyclic) bond motifs is 1. The third-order valence-corrected chi connectivity index (χ3v) is 5.21. The number of rotatable bonds is 2. The summed E-state index contributed by atoms with van der Waals surface area (Å²) in [6.07, 6.45) is 0. The van der Waals surface area contributed by atoms with Crippen molar-refractivity contribution in [3.8, 4) is 0 Å². The van der Waals surface area contributed by atoms with E-state index in [1.807, 2.05) is 55.5 Å². The summed E-state index contributed by atoms with van der Waals surface area (Å²) in [5.41, 5.74) is 3.98. The molecule has 1 aliphatic heterocycles. The van der Waals surface area contributed by atoms with Crippen molar-refractivity contribution >= 4 is 29.1 Å². The molecule has 1 N–H and O–H groups in total. The third kappa shape index (κ3) is 3.39. The summed E-state index contributed by atoms with van der Waals surface area (Å²) in [7, 11) is 0. The Morgan fingerprint density at radius 3 is 2.50 bits per heavy atom. The van der Waals surface area contributed by atoms with Gasteiger partial charge in [0.15, 0.2) is 0 Å². The van der Waals surface area contributed by atoms with Crippen molar-refractivity contribution in [1.29, 1.82) is 0 Å². The van der Waals surface area contributed by atoms with E-state index in [4.69, 9.17) is 11.6 Å². The van der Waals surface area contributed by atoms with Crippen LogP contribution in [-0.2, 0) is 4.79 Å². The first-order valence-electron chi connectivity index (χ1n) is 9.05. The molecule has 5 heteroatoms. The summed E-state index contributed by atoms with van der Waals surface area (Å²) < 4.78 is 0. The number of nitrogens with one attached hydrogen (secondary N) is 1. The van der Waals surface area contributed by atoms with Crippen LogP contribution in [-0.4, -0.2) is 23.3 Å². The standard InChI is InChI=1S/C23H19ClN2O2/c1-15-11-12-20-18(13-15)22(16-7-3-2-4-8-16)26(14-21(27)25-20)23(28)17-9-5-6-10-19(17)24/h2-13,22H,14H2,1H3,(H,25,27). The van der Waals surface area contributed by atoms with Gasteiger partial charge in [-0.25, -0.2) is 0 Å². The molecule has 140 valence electrons. The van der Waals surface area contributed by atoms with Gasteiger partial charge in [0.2, 0.25) is 5.91 Å². The molecule has 28 heavy (non-hydrogen) atoms. The van der Waals surface area contributed by atoms with Crippen LogP contribution in [0.1, 0.15) is 33.1 Å². The second-order valence-corrected chi connectivity index (χ2v) is 7.27. The maximum absolute atomic E-state index is 13.5. The van der Waals surface area contributed by atoms with Crippen molar-refractivity contribution in [3.63, 3.8) is 0 Å². The van der Waals surface area contributed by atoms with Crippen molar-refractivity contribution in [2.75, 3.05) is 11.9 Å². The van der Waals surface area contributed by atoms with Crippen molar-refractivity contribution in [2.24, 2.45) is 0 Å². The smallest absolute Gasteiger partial charge is 0.256 e. The van der Waals surface area contributed by atoms with E-state index in [0.717, 1.165) is 22.4 Å². The van der Waals surface area contributed by atoms with Crippen molar-refractivity contribution in [1.82, 2.24) is 4.90 Å². The zero-order chi connectivity index (χ0) is 19.7. The number of aryl methyl sites for hydroxylation is 1. The quantitative estimate of drug-likeness (QED) is 0.681. The Kier molecular flexibility index (Phi) is 4.88. The second-order valence-electron chi connectivity index (χ2n) is 6.87. The molecule has 1 heterocycles. The number of amides is 2. The summed E-state index contributed by atoms with van der Waals surface area (Å²) in [4.78, 5) is 27.7. The highest BCUT2D eigenvalue weighted by Gasteiger charge is 2.34. The van der Waals surface area contributed by atoms with Gasteiger partial charge in [-0.2, -0.15) is 0 Å². The van der Waals surface area contributed by atoms with E-state index in [2.05, 4.69) is 5.32 Å². The maximum Gasteiger partial charge on any atom is 0.256 e. The molecule has 2 amide bonds. The fraction of sp³-hybridized carbons (Fsp3) is 0.130. The number of carbonyl (C=O) groups excluding carboxylic acids is 2. The van der Waals surface area contributed by atoms with E-state index >= 15 is 0 Å². The highest BCUT2D eigenvalue weighted by molar-refractivity contribution is 6.33. The molecule has 1 unspecified atom stereocenters. The first-order chi connectivity index (χ1) is 13.5. The average molecular weight is 391 g/mol. The zero-order valence-electron chi connectivity index (χ0n) is 15.4. The van der Waals surface area contributed by atoms with Crippen LogP contribution in [0.4, 0.5) is 5.69 Å². The highest BCUT2D eigenvalue weighted by atomic mass is 35.5. The van der Waals surface area contributed by atoms with Gasteiger partial charge in [0.25, 0.3) is 5.91 Å². The number of halogens is 1. The van der Waals surface area contributed by atoms with Crippen LogP contribution in [0, 0.1) is 6.92 Å². The van der Waals surface area contributed by atoms with Crippen LogP contribution >= 0.6 is 11.6 Å². The fourth-order valence-corrected chi connectivity index (χ4v) is 3.82. The van der Waals surface area contributed by atoms with Crippen molar-refractivity contribution in [2.45, 2.75) is 13.0 Å². The highest BCUT2D eigenvalue weighted by Crippen LogP contribution is 2.37. The number of benzene rings is 3. The Hall–Kier alpha value is -3.11. The molecular formula is C23H19ClN2O2. The first-order valence-corrected chi connectivity index (χ1v) is 9.43. The predicted molar refractivity (Wildman–Crippen MR) is 111 cm³/mol. The lowest BCUT2D eigenvalue weighted by molar-refractivity contribution is -0.117. The molecule has 0 fully saturated rings. The van der Waals surface area contributed by atoms with E-state index < -0.39 is 6.04 Å². The van der Waals surface area contributed by atoms with E-state index in [1.54, 1.807) is 29.2 Å². The van der Waals surface area contributed by atoms with Crippen LogP contribution < -0.4 is 5.32 Å². The van der Waals surface area contributed by atoms with Gasteiger partial charge in [0.1, 0.15) is 6.54 Å². The zero-order valence-corrected chi connectivity index (χ0v) is 16.1. The Bertz CT molecular complexity index is 1050. The molecule has 0 saturated heterocycles. The number of nitrogens with zero attached hydrogens (tertiary/aromatic N) is 1. The molecule has 3 aromatic rings. The lowest BCUT2D eigenvalue weighted by Gasteiger charge is -2.31. The average Bonchev–Trinajstić information content (AvgIpc) is 2.84. The van der Waals surface area contributed by atoms with Crippen molar-refractivity contribution < 1.29 is 9.59 Å². The van der Waals surface area contributed by atoms with Crippen molar-refractivity contribution in [3.05, 3.63) is 100 Å². The summed E-state index contributed by atoms with van der Waals surface area (Å²) in [5, 5.41) is 3.30. The molecule has 0 aromatic heterocycles. The van der Waals surface area contributed by atoms with E-state index in [9.17, 15) is 9.59 Å². The van der Waals surface area contributed by atoms with Crippen LogP contribution in [0.3, 0.4) is 0 Å². The molecule has 0 spiro atoms. The molecule has 4 rings (SSSR count). The molecule has 0 saturated carbocycles. The summed E-state index contributed by atoms with van der Waals surface area (Å²) in [6, 6.07) is 22.1.